The fraction of sp³-hybridized carbons (Fsp3) is 0.591. The summed E-state index contributed by atoms with van der Waals surface area (Å²) in [5, 5.41) is 4.06. The van der Waals surface area contributed by atoms with E-state index in [0.717, 1.165) is 17.7 Å². The summed E-state index contributed by atoms with van der Waals surface area (Å²) in [5.41, 5.74) is 1.14. The molecular weight excluding hydrogens is 370 g/mol. The third-order valence-electron chi connectivity index (χ3n) is 5.84. The van der Waals surface area contributed by atoms with Crippen molar-refractivity contribution in [3.05, 3.63) is 41.5 Å². The van der Waals surface area contributed by atoms with Crippen LogP contribution in [-0.2, 0) is 22.4 Å². The first kappa shape index (κ1) is 19.9. The van der Waals surface area contributed by atoms with Gasteiger partial charge in [0.15, 0.2) is 5.82 Å². The Hall–Kier alpha value is -2.41. The minimum Gasteiger partial charge on any atom is -0.497 e. The van der Waals surface area contributed by atoms with E-state index in [4.69, 9.17) is 14.0 Å². The van der Waals surface area contributed by atoms with Crippen molar-refractivity contribution < 1.29 is 18.8 Å². The van der Waals surface area contributed by atoms with Crippen LogP contribution in [0, 0.1) is 0 Å². The van der Waals surface area contributed by atoms with Gasteiger partial charge in [-0.15, -0.1) is 0 Å². The maximum Gasteiger partial charge on any atom is 0.233 e. The molecule has 1 saturated carbocycles. The first-order valence-corrected chi connectivity index (χ1v) is 10.6. The van der Waals surface area contributed by atoms with E-state index in [1.54, 1.807) is 7.11 Å². The molecule has 29 heavy (non-hydrogen) atoms. The molecule has 0 spiro atoms. The van der Waals surface area contributed by atoms with E-state index in [0.29, 0.717) is 50.4 Å². The molecule has 1 aliphatic carbocycles. The molecule has 2 fully saturated rings. The number of amides is 1. The van der Waals surface area contributed by atoms with E-state index in [-0.39, 0.29) is 11.8 Å². The standard InChI is InChI=1S/C22H29N3O4/c1-27-18-9-6-16(7-10-18)8-11-21(26)25-14-17(15-25)22-23-20(24-29-22)12-13-28-19-4-2-3-5-19/h6-7,9-10,17,19H,2-5,8,11-15H2,1H3. The molecule has 0 bridgehead atoms. The molecule has 1 saturated heterocycles. The van der Waals surface area contributed by atoms with Gasteiger partial charge in [-0.05, 0) is 37.0 Å². The lowest BCUT2D eigenvalue weighted by Gasteiger charge is -2.37. The quantitative estimate of drug-likeness (QED) is 0.645. The third kappa shape index (κ3) is 5.15. The van der Waals surface area contributed by atoms with Gasteiger partial charge in [-0.1, -0.05) is 30.1 Å². The number of carbonyl (C=O) groups excluding carboxylic acids is 1. The van der Waals surface area contributed by atoms with Gasteiger partial charge in [0.2, 0.25) is 11.8 Å². The van der Waals surface area contributed by atoms with E-state index >= 15 is 0 Å². The molecule has 0 unspecified atom stereocenters. The normalized spacial score (nSPS) is 17.5. The molecule has 0 radical (unpaired) electrons. The number of aromatic nitrogens is 2. The Morgan fingerprint density at radius 1 is 1.17 bits per heavy atom. The number of nitrogens with zero attached hydrogens (tertiary/aromatic N) is 3. The van der Waals surface area contributed by atoms with Crippen LogP contribution in [0.1, 0.15) is 55.3 Å². The smallest absolute Gasteiger partial charge is 0.233 e. The maximum absolute atomic E-state index is 12.4. The molecule has 2 aliphatic rings. The number of ether oxygens (including phenoxy) is 2. The van der Waals surface area contributed by atoms with Crippen LogP contribution in [0.25, 0.3) is 0 Å². The summed E-state index contributed by atoms with van der Waals surface area (Å²) < 4.78 is 16.4. The number of carbonyl (C=O) groups is 1. The van der Waals surface area contributed by atoms with Crippen LogP contribution < -0.4 is 4.74 Å². The van der Waals surface area contributed by atoms with Crippen molar-refractivity contribution in [2.24, 2.45) is 0 Å². The molecule has 2 aromatic rings. The fourth-order valence-corrected chi connectivity index (χ4v) is 3.95. The maximum atomic E-state index is 12.4. The van der Waals surface area contributed by atoms with Gasteiger partial charge >= 0.3 is 0 Å². The second-order valence-corrected chi connectivity index (χ2v) is 7.92. The average molecular weight is 399 g/mol. The average Bonchev–Trinajstić information content (AvgIpc) is 3.38. The lowest BCUT2D eigenvalue weighted by molar-refractivity contribution is -0.135. The summed E-state index contributed by atoms with van der Waals surface area (Å²) in [6.45, 7) is 1.95. The summed E-state index contributed by atoms with van der Waals surface area (Å²) in [4.78, 5) is 18.7. The Kier molecular flexibility index (Phi) is 6.44. The minimum absolute atomic E-state index is 0.150. The topological polar surface area (TPSA) is 77.7 Å². The summed E-state index contributed by atoms with van der Waals surface area (Å²) in [5.74, 6) is 2.48. The zero-order valence-electron chi connectivity index (χ0n) is 17.0. The second-order valence-electron chi connectivity index (χ2n) is 7.92. The largest absolute Gasteiger partial charge is 0.497 e. The van der Waals surface area contributed by atoms with Crippen LogP contribution in [0.3, 0.4) is 0 Å². The zero-order chi connectivity index (χ0) is 20.1. The van der Waals surface area contributed by atoms with Crippen LogP contribution >= 0.6 is 0 Å². The Balaban J connectivity index is 1.16. The van der Waals surface area contributed by atoms with E-state index in [1.807, 2.05) is 29.2 Å². The van der Waals surface area contributed by atoms with Gasteiger partial charge in [-0.25, -0.2) is 0 Å². The van der Waals surface area contributed by atoms with Crippen LogP contribution in [0.15, 0.2) is 28.8 Å². The predicted molar refractivity (Wildman–Crippen MR) is 107 cm³/mol. The van der Waals surface area contributed by atoms with Crippen molar-refractivity contribution in [2.45, 2.75) is 57.0 Å². The molecule has 0 atom stereocenters. The highest BCUT2D eigenvalue weighted by atomic mass is 16.5. The van der Waals surface area contributed by atoms with E-state index < -0.39 is 0 Å². The highest BCUT2D eigenvalue weighted by molar-refractivity contribution is 5.77. The lowest BCUT2D eigenvalue weighted by Crippen LogP contribution is -2.48. The second kappa shape index (κ2) is 9.39. The number of benzene rings is 1. The molecular formula is C22H29N3O4. The number of methoxy groups -OCH3 is 1. The molecule has 7 nitrogen and oxygen atoms in total. The number of hydrogen-bond donors (Lipinski definition) is 0. The predicted octanol–water partition coefficient (Wildman–Crippen LogP) is 3.14. The van der Waals surface area contributed by atoms with Crippen molar-refractivity contribution in [3.8, 4) is 5.75 Å². The van der Waals surface area contributed by atoms with Gasteiger partial charge in [0, 0.05) is 25.9 Å². The molecule has 4 rings (SSSR count). The lowest BCUT2D eigenvalue weighted by atomic mass is 9.99. The Labute approximate surface area is 171 Å². The van der Waals surface area contributed by atoms with Gasteiger partial charge in [0.1, 0.15) is 5.75 Å². The van der Waals surface area contributed by atoms with Gasteiger partial charge in [-0.3, -0.25) is 4.79 Å². The van der Waals surface area contributed by atoms with E-state index in [1.165, 1.54) is 25.7 Å². The van der Waals surface area contributed by atoms with Crippen molar-refractivity contribution in [2.75, 3.05) is 26.8 Å². The molecule has 156 valence electrons. The number of rotatable bonds is 9. The van der Waals surface area contributed by atoms with Crippen molar-refractivity contribution in [1.29, 1.82) is 0 Å². The fourth-order valence-electron chi connectivity index (χ4n) is 3.95. The van der Waals surface area contributed by atoms with Gasteiger partial charge in [-0.2, -0.15) is 4.98 Å². The molecule has 1 aromatic carbocycles. The molecule has 0 N–H and O–H groups in total. The summed E-state index contributed by atoms with van der Waals surface area (Å²) in [6.07, 6.45) is 7.20. The zero-order valence-corrected chi connectivity index (χ0v) is 17.0. The van der Waals surface area contributed by atoms with E-state index in [9.17, 15) is 4.79 Å². The van der Waals surface area contributed by atoms with Crippen LogP contribution in [0.5, 0.6) is 5.75 Å². The van der Waals surface area contributed by atoms with Crippen molar-refractivity contribution in [1.82, 2.24) is 15.0 Å². The van der Waals surface area contributed by atoms with Crippen LogP contribution in [-0.4, -0.2) is 53.9 Å². The Morgan fingerprint density at radius 2 is 1.93 bits per heavy atom. The monoisotopic (exact) mass is 399 g/mol. The first-order chi connectivity index (χ1) is 14.2. The van der Waals surface area contributed by atoms with Gasteiger partial charge in [0.05, 0.1) is 25.7 Å². The number of likely N-dealkylation sites (tertiary alicyclic amines) is 1. The highest BCUT2D eigenvalue weighted by Crippen LogP contribution is 2.27. The van der Waals surface area contributed by atoms with E-state index in [2.05, 4.69) is 10.1 Å². The SMILES string of the molecule is COc1ccc(CCC(=O)N2CC(c3nc(CCOC4CCCC4)no3)C2)cc1. The summed E-state index contributed by atoms with van der Waals surface area (Å²) in [7, 11) is 1.65. The first-order valence-electron chi connectivity index (χ1n) is 10.6. The molecule has 1 amide bonds. The van der Waals surface area contributed by atoms with Crippen molar-refractivity contribution in [3.63, 3.8) is 0 Å². The van der Waals surface area contributed by atoms with Gasteiger partial charge < -0.3 is 18.9 Å². The molecule has 7 heteroatoms. The highest BCUT2D eigenvalue weighted by Gasteiger charge is 2.35. The van der Waals surface area contributed by atoms with Crippen molar-refractivity contribution >= 4 is 5.91 Å². The minimum atomic E-state index is 0.150. The van der Waals surface area contributed by atoms with Gasteiger partial charge in [0.25, 0.3) is 0 Å². The summed E-state index contributed by atoms with van der Waals surface area (Å²) in [6, 6.07) is 7.85. The van der Waals surface area contributed by atoms with Crippen LogP contribution in [0.4, 0.5) is 0 Å². The molecule has 1 aromatic heterocycles. The number of hydrogen-bond acceptors (Lipinski definition) is 6. The molecule has 1 aliphatic heterocycles. The van der Waals surface area contributed by atoms with Crippen LogP contribution in [0.2, 0.25) is 0 Å². The Bertz CT molecular complexity index is 793. The molecule has 2 heterocycles. The Morgan fingerprint density at radius 3 is 2.66 bits per heavy atom. The summed E-state index contributed by atoms with van der Waals surface area (Å²) >= 11 is 0. The third-order valence-corrected chi connectivity index (χ3v) is 5.84. The number of aryl methyl sites for hydroxylation is 1.